The number of alkyl carbamates (subject to hydrolysis) is 2. The number of methoxy groups -OCH3 is 2. The molecule has 2 aromatic heterocycles. The van der Waals surface area contributed by atoms with E-state index in [0.29, 0.717) is 51.6 Å². The molecule has 3 aliphatic rings. The smallest absolute Gasteiger partial charge is 0.407 e. The highest BCUT2D eigenvalue weighted by Gasteiger charge is 2.64. The number of aromatic amines is 2. The molecule has 14 nitrogen and oxygen atoms in total. The van der Waals surface area contributed by atoms with Gasteiger partial charge in [0.25, 0.3) is 5.92 Å². The highest BCUT2D eigenvalue weighted by Crippen LogP contribution is 2.61. The van der Waals surface area contributed by atoms with Gasteiger partial charge in [-0.15, -0.1) is 0 Å². The first-order valence-corrected chi connectivity index (χ1v) is 21.9. The standard InChI is InChI=1S/C50H50F2N8O6/c1-26(2)40(57-45(61)41(27(3)4)58-47(63)65-5)44-53-25-39(56-44)31-14-17-33-32-16-13-29(21-34(32)50(51,52)35(33)22-31)30-15-18-37-38(23-30)55-43(54-37)36-24-49(36)19-10-20-60(49)46(62)42(59-48(64)66-6)28-11-8-7-9-12-28/h7-9,11-18,21-23,25,27,36,41-42H,10,19-20,24H2,1-6H3,(H,53,56)(H,54,55)(H,57,61)(H,58,63)(H,59,64)/t36-,41+,42-,49-/m1/s1. The van der Waals surface area contributed by atoms with Gasteiger partial charge >= 0.3 is 12.2 Å². The van der Waals surface area contributed by atoms with Gasteiger partial charge in [0.15, 0.2) is 5.82 Å². The number of halogens is 2. The van der Waals surface area contributed by atoms with Crippen molar-refractivity contribution in [1.82, 2.24) is 40.8 Å². The Labute approximate surface area is 379 Å². The summed E-state index contributed by atoms with van der Waals surface area (Å²) >= 11 is 0. The zero-order valence-electron chi connectivity index (χ0n) is 37.3. The van der Waals surface area contributed by atoms with Gasteiger partial charge in [0.1, 0.15) is 17.9 Å². The van der Waals surface area contributed by atoms with E-state index in [1.165, 1.54) is 26.5 Å². The topological polar surface area (TPSA) is 183 Å². The van der Waals surface area contributed by atoms with E-state index in [0.717, 1.165) is 47.3 Å². The van der Waals surface area contributed by atoms with Crippen LogP contribution < -0.4 is 16.0 Å². The molecule has 2 aliphatic carbocycles. The number of rotatable bonds is 11. The number of amides is 4. The molecular weight excluding hydrogens is 847 g/mol. The normalized spacial score (nSPS) is 18.6. The lowest BCUT2D eigenvalue weighted by Crippen LogP contribution is -2.49. The molecule has 1 spiro atoms. The van der Waals surface area contributed by atoms with Gasteiger partial charge in [-0.3, -0.25) is 9.59 Å². The fourth-order valence-electron chi connectivity index (χ4n) is 9.60. The van der Waals surface area contributed by atoms with E-state index in [1.807, 2.05) is 59.5 Å². The van der Waals surface area contributed by atoms with Crippen LogP contribution in [0.3, 0.4) is 0 Å². The van der Waals surface area contributed by atoms with Crippen molar-refractivity contribution in [2.75, 3.05) is 20.8 Å². The van der Waals surface area contributed by atoms with Crippen LogP contribution in [0.15, 0.2) is 96.7 Å². The minimum atomic E-state index is -3.31. The number of H-pyrrole nitrogens is 2. The molecule has 6 aromatic rings. The molecule has 66 heavy (non-hydrogen) atoms. The number of benzene rings is 4. The fourth-order valence-corrected chi connectivity index (χ4v) is 9.60. The highest BCUT2D eigenvalue weighted by atomic mass is 19.3. The Morgan fingerprint density at radius 3 is 2.17 bits per heavy atom. The second-order valence-electron chi connectivity index (χ2n) is 17.7. The first-order valence-electron chi connectivity index (χ1n) is 21.9. The summed E-state index contributed by atoms with van der Waals surface area (Å²) in [5, 5.41) is 8.16. The lowest BCUT2D eigenvalue weighted by Gasteiger charge is -2.30. The number of hydrogen-bond donors (Lipinski definition) is 5. The maximum Gasteiger partial charge on any atom is 0.407 e. The Balaban J connectivity index is 0.932. The van der Waals surface area contributed by atoms with Gasteiger partial charge in [-0.1, -0.05) is 74.5 Å². The molecule has 5 N–H and O–H groups in total. The lowest BCUT2D eigenvalue weighted by molar-refractivity contribution is -0.135. The summed E-state index contributed by atoms with van der Waals surface area (Å²) in [7, 11) is 2.49. The second kappa shape index (κ2) is 16.9. The molecule has 2 fully saturated rings. The molecule has 0 radical (unpaired) electrons. The first kappa shape index (κ1) is 43.9. The quantitative estimate of drug-likeness (QED) is 0.0854. The van der Waals surface area contributed by atoms with Gasteiger partial charge in [0.05, 0.1) is 48.4 Å². The summed E-state index contributed by atoms with van der Waals surface area (Å²) in [4.78, 5) is 69.7. The summed E-state index contributed by atoms with van der Waals surface area (Å²) in [5.41, 5.74) is 5.81. The van der Waals surface area contributed by atoms with Crippen molar-refractivity contribution in [2.24, 2.45) is 5.92 Å². The van der Waals surface area contributed by atoms with Crippen LogP contribution in [-0.2, 0) is 25.0 Å². The van der Waals surface area contributed by atoms with Crippen LogP contribution in [0.4, 0.5) is 18.4 Å². The molecule has 9 rings (SSSR count). The molecule has 0 bridgehead atoms. The Kier molecular flexibility index (Phi) is 11.2. The number of ether oxygens (including phenoxy) is 2. The Morgan fingerprint density at radius 1 is 0.833 bits per heavy atom. The SMILES string of the molecule is COC(=O)N[C@H](C(=O)NC(=C(C)C)c1ncc(-c2ccc3c(c2)C(F)(F)c2cc(-c4ccc5nc([C@H]6C[C@]67CCCN7C(=O)[C@H](NC(=O)OC)c6ccccc6)[nH]c5c4)ccc2-3)[nH]1)C(C)C. The Bertz CT molecular complexity index is 2940. The van der Waals surface area contributed by atoms with Gasteiger partial charge in [0.2, 0.25) is 11.8 Å². The van der Waals surface area contributed by atoms with Crippen LogP contribution >= 0.6 is 0 Å². The molecule has 4 aromatic carbocycles. The van der Waals surface area contributed by atoms with Crippen molar-refractivity contribution in [3.05, 3.63) is 125 Å². The van der Waals surface area contributed by atoms with Gasteiger partial charge in [-0.25, -0.2) is 19.6 Å². The number of imidazole rings is 2. The largest absolute Gasteiger partial charge is 0.453 e. The average Bonchev–Trinajstić information content (AvgIpc) is 3.73. The van der Waals surface area contributed by atoms with Gasteiger partial charge in [-0.05, 0) is 96.7 Å². The number of nitrogens with one attached hydrogen (secondary N) is 5. The molecule has 1 saturated heterocycles. The zero-order valence-corrected chi connectivity index (χ0v) is 37.3. The van der Waals surface area contributed by atoms with Crippen LogP contribution in [0.2, 0.25) is 0 Å². The van der Waals surface area contributed by atoms with E-state index in [2.05, 4.69) is 30.9 Å². The molecular formula is C50H50F2N8O6. The molecule has 340 valence electrons. The Morgan fingerprint density at radius 2 is 1.48 bits per heavy atom. The number of carbonyl (C=O) groups is 4. The van der Waals surface area contributed by atoms with Crippen molar-refractivity contribution in [3.8, 4) is 33.5 Å². The maximum absolute atomic E-state index is 16.6. The van der Waals surface area contributed by atoms with Crippen molar-refractivity contribution >= 4 is 40.7 Å². The van der Waals surface area contributed by atoms with E-state index < -0.39 is 41.6 Å². The fraction of sp³-hybridized carbons (Fsp3) is 0.320. The van der Waals surface area contributed by atoms with Crippen molar-refractivity contribution in [3.63, 3.8) is 0 Å². The zero-order chi connectivity index (χ0) is 46.7. The number of hydrogen-bond acceptors (Lipinski definition) is 8. The van der Waals surface area contributed by atoms with Crippen molar-refractivity contribution < 1.29 is 37.4 Å². The molecule has 1 saturated carbocycles. The van der Waals surface area contributed by atoms with Crippen LogP contribution in [0.25, 0.3) is 50.2 Å². The number of nitrogens with zero attached hydrogens (tertiary/aromatic N) is 3. The maximum atomic E-state index is 16.6. The summed E-state index contributed by atoms with van der Waals surface area (Å²) < 4.78 is 42.7. The lowest BCUT2D eigenvalue weighted by atomic mass is 9.98. The van der Waals surface area contributed by atoms with Gasteiger partial charge < -0.3 is 40.3 Å². The van der Waals surface area contributed by atoms with Gasteiger partial charge in [0, 0.05) is 29.2 Å². The van der Waals surface area contributed by atoms with Crippen molar-refractivity contribution in [1.29, 1.82) is 0 Å². The van der Waals surface area contributed by atoms with E-state index >= 15 is 8.78 Å². The third kappa shape index (κ3) is 7.73. The van der Waals surface area contributed by atoms with Crippen LogP contribution in [0, 0.1) is 5.92 Å². The minimum Gasteiger partial charge on any atom is -0.453 e. The van der Waals surface area contributed by atoms with Crippen molar-refractivity contribution in [2.45, 2.75) is 76.4 Å². The molecule has 4 atom stereocenters. The van der Waals surface area contributed by atoms with Crippen LogP contribution in [-0.4, -0.2) is 81.2 Å². The number of aromatic nitrogens is 4. The summed E-state index contributed by atoms with van der Waals surface area (Å²) in [5.74, 6) is -3.17. The number of allylic oxidation sites excluding steroid dienone is 1. The van der Waals surface area contributed by atoms with E-state index in [4.69, 9.17) is 14.5 Å². The number of likely N-dealkylation sites (tertiary alicyclic amines) is 1. The highest BCUT2D eigenvalue weighted by molar-refractivity contribution is 5.93. The number of fused-ring (bicyclic) bond motifs is 4. The second-order valence-corrected chi connectivity index (χ2v) is 17.7. The third-order valence-electron chi connectivity index (χ3n) is 13.1. The van der Waals surface area contributed by atoms with Crippen LogP contribution in [0.5, 0.6) is 0 Å². The molecule has 1 aliphatic heterocycles. The monoisotopic (exact) mass is 896 g/mol. The average molecular weight is 897 g/mol. The van der Waals surface area contributed by atoms with E-state index in [-0.39, 0.29) is 28.9 Å². The predicted octanol–water partition coefficient (Wildman–Crippen LogP) is 8.93. The molecule has 3 heterocycles. The Hall–Kier alpha value is -7.36. The minimum absolute atomic E-state index is 0.0424. The summed E-state index contributed by atoms with van der Waals surface area (Å²) in [6.45, 7) is 7.75. The van der Waals surface area contributed by atoms with E-state index in [1.54, 1.807) is 52.0 Å². The summed E-state index contributed by atoms with van der Waals surface area (Å²) in [6.07, 6.45) is 2.46. The molecule has 4 amide bonds. The molecule has 16 heteroatoms. The van der Waals surface area contributed by atoms with E-state index in [9.17, 15) is 19.2 Å². The molecule has 0 unspecified atom stereocenters. The summed E-state index contributed by atoms with van der Waals surface area (Å²) in [6, 6.07) is 23.1. The van der Waals surface area contributed by atoms with Crippen LogP contribution in [0.1, 0.15) is 87.3 Å². The number of carbonyl (C=O) groups excluding carboxylic acids is 4. The predicted molar refractivity (Wildman–Crippen MR) is 244 cm³/mol. The van der Waals surface area contributed by atoms with Gasteiger partial charge in [-0.2, -0.15) is 8.78 Å². The third-order valence-corrected chi connectivity index (χ3v) is 13.1. The number of alkyl halides is 2. The first-order chi connectivity index (χ1) is 31.6.